The first-order chi connectivity index (χ1) is 7.95. The number of aromatic nitrogens is 1. The van der Waals surface area contributed by atoms with Gasteiger partial charge in [0.25, 0.3) is 5.91 Å². The number of hydrogen-bond acceptors (Lipinski definition) is 2. The van der Waals surface area contributed by atoms with E-state index in [4.69, 9.17) is 5.11 Å². The number of carbonyl (C=O) groups is 2. The molecule has 5 heteroatoms. The Kier molecular flexibility index (Phi) is 4.31. The van der Waals surface area contributed by atoms with Crippen LogP contribution in [0.2, 0.25) is 0 Å². The lowest BCUT2D eigenvalue weighted by atomic mass is 10.0. The van der Waals surface area contributed by atoms with Gasteiger partial charge in [-0.1, -0.05) is 20.8 Å². The van der Waals surface area contributed by atoms with Crippen molar-refractivity contribution in [1.29, 1.82) is 0 Å². The minimum Gasteiger partial charge on any atom is -0.480 e. The Morgan fingerprint density at radius 3 is 2.47 bits per heavy atom. The van der Waals surface area contributed by atoms with Crippen LogP contribution in [0.1, 0.15) is 37.0 Å². The number of H-pyrrole nitrogens is 1. The van der Waals surface area contributed by atoms with Gasteiger partial charge in [0.2, 0.25) is 0 Å². The van der Waals surface area contributed by atoms with Crippen molar-refractivity contribution < 1.29 is 14.7 Å². The fourth-order valence-corrected chi connectivity index (χ4v) is 1.51. The quantitative estimate of drug-likeness (QED) is 0.725. The van der Waals surface area contributed by atoms with E-state index >= 15 is 0 Å². The van der Waals surface area contributed by atoms with Crippen LogP contribution in [0.15, 0.2) is 12.1 Å². The van der Waals surface area contributed by atoms with Gasteiger partial charge in [0.05, 0.1) is 0 Å². The van der Waals surface area contributed by atoms with Crippen LogP contribution in [0.25, 0.3) is 0 Å². The van der Waals surface area contributed by atoms with Gasteiger partial charge in [-0.3, -0.25) is 4.79 Å². The molecule has 0 radical (unpaired) electrons. The second-order valence-electron chi connectivity index (χ2n) is 4.28. The molecule has 0 spiro atoms. The van der Waals surface area contributed by atoms with Crippen molar-refractivity contribution in [3.05, 3.63) is 23.5 Å². The van der Waals surface area contributed by atoms with E-state index in [1.807, 2.05) is 13.0 Å². The molecule has 1 aromatic rings. The normalized spacial score (nSPS) is 12.5. The minimum atomic E-state index is -1.02. The number of carbonyl (C=O) groups excluding carboxylic acids is 1. The summed E-state index contributed by atoms with van der Waals surface area (Å²) >= 11 is 0. The molecule has 5 nitrogen and oxygen atoms in total. The smallest absolute Gasteiger partial charge is 0.326 e. The third kappa shape index (κ3) is 3.34. The molecule has 94 valence electrons. The van der Waals surface area contributed by atoms with Gasteiger partial charge in [0.1, 0.15) is 11.7 Å². The Morgan fingerprint density at radius 1 is 1.41 bits per heavy atom. The summed E-state index contributed by atoms with van der Waals surface area (Å²) in [5.41, 5.74) is 1.35. The summed E-state index contributed by atoms with van der Waals surface area (Å²) in [6.07, 6.45) is 0.805. The molecule has 0 bridgehead atoms. The zero-order valence-electron chi connectivity index (χ0n) is 10.3. The highest BCUT2D eigenvalue weighted by molar-refractivity contribution is 5.95. The SMILES string of the molecule is CCc1ccc(C(=O)N[C@H](C(=O)O)C(C)C)[nH]1. The van der Waals surface area contributed by atoms with Crippen LogP contribution in [0, 0.1) is 5.92 Å². The molecule has 0 unspecified atom stereocenters. The van der Waals surface area contributed by atoms with Gasteiger partial charge in [-0.2, -0.15) is 0 Å². The molecular weight excluding hydrogens is 220 g/mol. The highest BCUT2D eigenvalue weighted by Crippen LogP contribution is 2.06. The van der Waals surface area contributed by atoms with Crippen LogP contribution in [0.5, 0.6) is 0 Å². The molecule has 0 aliphatic carbocycles. The Morgan fingerprint density at radius 2 is 2.06 bits per heavy atom. The van der Waals surface area contributed by atoms with Crippen LogP contribution in [-0.2, 0) is 11.2 Å². The van der Waals surface area contributed by atoms with Gasteiger partial charge in [-0.05, 0) is 24.5 Å². The summed E-state index contributed by atoms with van der Waals surface area (Å²) in [6.45, 7) is 5.48. The molecule has 0 saturated heterocycles. The van der Waals surface area contributed by atoms with E-state index in [1.54, 1.807) is 19.9 Å². The van der Waals surface area contributed by atoms with Crippen molar-refractivity contribution in [2.24, 2.45) is 5.92 Å². The predicted octanol–water partition coefficient (Wildman–Crippen LogP) is 1.42. The summed E-state index contributed by atoms with van der Waals surface area (Å²) in [7, 11) is 0. The molecule has 3 N–H and O–H groups in total. The van der Waals surface area contributed by atoms with Crippen molar-refractivity contribution >= 4 is 11.9 Å². The van der Waals surface area contributed by atoms with Gasteiger partial charge < -0.3 is 15.4 Å². The van der Waals surface area contributed by atoms with Gasteiger partial charge in [0, 0.05) is 5.69 Å². The maximum atomic E-state index is 11.8. The number of hydrogen-bond donors (Lipinski definition) is 3. The van der Waals surface area contributed by atoms with Crippen LogP contribution in [0.4, 0.5) is 0 Å². The average molecular weight is 238 g/mol. The molecule has 1 atom stereocenters. The molecule has 0 aliphatic heterocycles. The van der Waals surface area contributed by atoms with E-state index in [-0.39, 0.29) is 11.8 Å². The summed E-state index contributed by atoms with van der Waals surface area (Å²) < 4.78 is 0. The molecule has 1 amide bonds. The van der Waals surface area contributed by atoms with E-state index in [0.717, 1.165) is 12.1 Å². The molecule has 0 aromatic carbocycles. The first-order valence-electron chi connectivity index (χ1n) is 5.67. The van der Waals surface area contributed by atoms with Crippen LogP contribution >= 0.6 is 0 Å². The largest absolute Gasteiger partial charge is 0.480 e. The van der Waals surface area contributed by atoms with Crippen molar-refractivity contribution in [1.82, 2.24) is 10.3 Å². The number of amides is 1. The Labute approximate surface area is 100 Å². The van der Waals surface area contributed by atoms with Crippen LogP contribution < -0.4 is 5.32 Å². The zero-order chi connectivity index (χ0) is 13.0. The maximum Gasteiger partial charge on any atom is 0.326 e. The topological polar surface area (TPSA) is 82.2 Å². The molecule has 17 heavy (non-hydrogen) atoms. The average Bonchev–Trinajstić information content (AvgIpc) is 2.73. The third-order valence-electron chi connectivity index (χ3n) is 2.59. The number of aromatic amines is 1. The molecular formula is C12H18N2O3. The van der Waals surface area contributed by atoms with Gasteiger partial charge in [-0.25, -0.2) is 4.79 Å². The molecule has 0 saturated carbocycles. The van der Waals surface area contributed by atoms with Gasteiger partial charge in [0.15, 0.2) is 0 Å². The third-order valence-corrected chi connectivity index (χ3v) is 2.59. The van der Waals surface area contributed by atoms with Gasteiger partial charge >= 0.3 is 5.97 Å². The second-order valence-corrected chi connectivity index (χ2v) is 4.28. The van der Waals surface area contributed by atoms with E-state index in [2.05, 4.69) is 10.3 Å². The second kappa shape index (κ2) is 5.52. The lowest BCUT2D eigenvalue weighted by molar-refractivity contribution is -0.140. The summed E-state index contributed by atoms with van der Waals surface area (Å²) in [4.78, 5) is 25.7. The number of carboxylic acid groups (broad SMARTS) is 1. The number of aliphatic carboxylic acids is 1. The number of aryl methyl sites for hydroxylation is 1. The molecule has 1 heterocycles. The predicted molar refractivity (Wildman–Crippen MR) is 63.9 cm³/mol. The zero-order valence-corrected chi connectivity index (χ0v) is 10.3. The summed E-state index contributed by atoms with van der Waals surface area (Å²) in [5.74, 6) is -1.56. The number of rotatable bonds is 5. The summed E-state index contributed by atoms with van der Waals surface area (Å²) in [6, 6.07) is 2.61. The van der Waals surface area contributed by atoms with Gasteiger partial charge in [-0.15, -0.1) is 0 Å². The first kappa shape index (κ1) is 13.3. The summed E-state index contributed by atoms with van der Waals surface area (Å²) in [5, 5.41) is 11.5. The fourth-order valence-electron chi connectivity index (χ4n) is 1.51. The van der Waals surface area contributed by atoms with Crippen molar-refractivity contribution in [3.63, 3.8) is 0 Å². The first-order valence-corrected chi connectivity index (χ1v) is 5.67. The van der Waals surface area contributed by atoms with Crippen molar-refractivity contribution in [2.75, 3.05) is 0 Å². The standard InChI is InChI=1S/C12H18N2O3/c1-4-8-5-6-9(13-8)11(15)14-10(7(2)3)12(16)17/h5-7,10,13H,4H2,1-3H3,(H,14,15)(H,16,17)/t10-/m0/s1. The van der Waals surface area contributed by atoms with E-state index in [0.29, 0.717) is 5.69 Å². The van der Waals surface area contributed by atoms with Crippen LogP contribution in [0.3, 0.4) is 0 Å². The monoisotopic (exact) mass is 238 g/mol. The van der Waals surface area contributed by atoms with E-state index in [1.165, 1.54) is 0 Å². The lowest BCUT2D eigenvalue weighted by Gasteiger charge is -2.17. The molecule has 1 aromatic heterocycles. The lowest BCUT2D eigenvalue weighted by Crippen LogP contribution is -2.44. The maximum absolute atomic E-state index is 11.8. The fraction of sp³-hybridized carbons (Fsp3) is 0.500. The van der Waals surface area contributed by atoms with E-state index in [9.17, 15) is 9.59 Å². The highest BCUT2D eigenvalue weighted by atomic mass is 16.4. The van der Waals surface area contributed by atoms with Crippen molar-refractivity contribution in [2.45, 2.75) is 33.2 Å². The minimum absolute atomic E-state index is 0.156. The molecule has 1 rings (SSSR count). The number of nitrogens with one attached hydrogen (secondary N) is 2. The molecule has 0 fully saturated rings. The van der Waals surface area contributed by atoms with Crippen molar-refractivity contribution in [3.8, 4) is 0 Å². The Bertz CT molecular complexity index is 410. The number of carboxylic acids is 1. The Hall–Kier alpha value is -1.78. The van der Waals surface area contributed by atoms with E-state index < -0.39 is 12.0 Å². The van der Waals surface area contributed by atoms with Crippen LogP contribution in [-0.4, -0.2) is 28.0 Å². The highest BCUT2D eigenvalue weighted by Gasteiger charge is 2.24. The Balaban J connectivity index is 2.73. The molecule has 0 aliphatic rings.